The predicted octanol–water partition coefficient (Wildman–Crippen LogP) is 1.19. The number of rotatable bonds is 3. The number of anilines is 1. The van der Waals surface area contributed by atoms with E-state index in [1.54, 1.807) is 11.7 Å². The van der Waals surface area contributed by atoms with Gasteiger partial charge in [0.2, 0.25) is 0 Å². The SMILES string of the molecule is CCN(C=S)c1ccn[nH]1. The summed E-state index contributed by atoms with van der Waals surface area (Å²) in [5.74, 6) is 0.942. The van der Waals surface area contributed by atoms with Gasteiger partial charge in [0.15, 0.2) is 0 Å². The molecule has 0 aromatic carbocycles. The lowest BCUT2D eigenvalue weighted by molar-refractivity contribution is 1.00. The molecule has 1 aromatic heterocycles. The highest BCUT2D eigenvalue weighted by Crippen LogP contribution is 2.04. The van der Waals surface area contributed by atoms with Crippen LogP contribution < -0.4 is 4.90 Å². The molecule has 4 heteroatoms. The minimum Gasteiger partial charge on any atom is -0.324 e. The quantitative estimate of drug-likeness (QED) is 0.665. The van der Waals surface area contributed by atoms with E-state index in [4.69, 9.17) is 12.2 Å². The van der Waals surface area contributed by atoms with E-state index in [9.17, 15) is 0 Å². The lowest BCUT2D eigenvalue weighted by atomic mass is 10.5. The minimum atomic E-state index is 0.867. The molecule has 1 aromatic rings. The molecule has 0 unspecified atom stereocenters. The van der Waals surface area contributed by atoms with E-state index in [2.05, 4.69) is 10.2 Å². The van der Waals surface area contributed by atoms with Gasteiger partial charge in [0.1, 0.15) is 5.82 Å². The molecule has 0 spiro atoms. The van der Waals surface area contributed by atoms with Gasteiger partial charge >= 0.3 is 0 Å². The third-order valence-corrected chi connectivity index (χ3v) is 1.52. The summed E-state index contributed by atoms with van der Waals surface area (Å²) in [6.07, 6.45) is 1.71. The molecule has 0 saturated heterocycles. The fourth-order valence-corrected chi connectivity index (χ4v) is 0.973. The van der Waals surface area contributed by atoms with Crippen LogP contribution in [-0.2, 0) is 0 Å². The topological polar surface area (TPSA) is 31.9 Å². The van der Waals surface area contributed by atoms with Gasteiger partial charge in [0.05, 0.1) is 11.7 Å². The van der Waals surface area contributed by atoms with Crippen molar-refractivity contribution in [2.24, 2.45) is 0 Å². The number of hydrogen-bond donors (Lipinski definition) is 1. The molecule has 0 amide bonds. The summed E-state index contributed by atoms with van der Waals surface area (Å²) in [5, 5.41) is 6.62. The highest BCUT2D eigenvalue weighted by atomic mass is 32.1. The van der Waals surface area contributed by atoms with E-state index in [0.29, 0.717) is 0 Å². The maximum Gasteiger partial charge on any atom is 0.128 e. The largest absolute Gasteiger partial charge is 0.324 e. The highest BCUT2D eigenvalue weighted by Gasteiger charge is 1.98. The predicted molar refractivity (Wildman–Crippen MR) is 45.3 cm³/mol. The summed E-state index contributed by atoms with van der Waals surface area (Å²) >= 11 is 4.77. The zero-order valence-electron chi connectivity index (χ0n) is 5.74. The van der Waals surface area contributed by atoms with Gasteiger partial charge in [-0.15, -0.1) is 0 Å². The lowest BCUT2D eigenvalue weighted by Gasteiger charge is -2.12. The van der Waals surface area contributed by atoms with Crippen molar-refractivity contribution in [3.05, 3.63) is 12.3 Å². The van der Waals surface area contributed by atoms with Gasteiger partial charge < -0.3 is 4.90 Å². The van der Waals surface area contributed by atoms with Gasteiger partial charge in [0, 0.05) is 12.6 Å². The van der Waals surface area contributed by atoms with Crippen molar-refractivity contribution in [2.75, 3.05) is 11.4 Å². The number of H-pyrrole nitrogens is 1. The molecule has 1 heterocycles. The van der Waals surface area contributed by atoms with Crippen molar-refractivity contribution in [2.45, 2.75) is 6.92 Å². The molecule has 0 bridgehead atoms. The molecule has 3 nitrogen and oxygen atoms in total. The average Bonchev–Trinajstić information content (AvgIpc) is 2.43. The van der Waals surface area contributed by atoms with Crippen molar-refractivity contribution in [3.8, 4) is 0 Å². The van der Waals surface area contributed by atoms with Gasteiger partial charge in [-0.05, 0) is 6.92 Å². The number of aromatic amines is 1. The van der Waals surface area contributed by atoms with Gasteiger partial charge in [0.25, 0.3) is 0 Å². The standard InChI is InChI=1S/C6H9N3S/c1-2-9(5-10)6-3-4-7-8-6/h3-5H,2H2,1H3,(H,7,8). The van der Waals surface area contributed by atoms with Crippen molar-refractivity contribution < 1.29 is 0 Å². The summed E-state index contributed by atoms with van der Waals surface area (Å²) in [4.78, 5) is 1.91. The molecule has 0 fully saturated rings. The third-order valence-electron chi connectivity index (χ3n) is 1.26. The van der Waals surface area contributed by atoms with Crippen LogP contribution in [0.2, 0.25) is 0 Å². The maximum absolute atomic E-state index is 4.77. The first-order valence-corrected chi connectivity index (χ1v) is 3.57. The second kappa shape index (κ2) is 3.31. The number of nitrogens with zero attached hydrogens (tertiary/aromatic N) is 2. The van der Waals surface area contributed by atoms with E-state index in [0.717, 1.165) is 12.4 Å². The van der Waals surface area contributed by atoms with Gasteiger partial charge in [-0.2, -0.15) is 5.10 Å². The van der Waals surface area contributed by atoms with E-state index >= 15 is 0 Å². The molecule has 1 N–H and O–H groups in total. The third kappa shape index (κ3) is 1.33. The molecular formula is C6H9N3S. The van der Waals surface area contributed by atoms with Crippen LogP contribution >= 0.6 is 12.2 Å². The van der Waals surface area contributed by atoms with E-state index in [1.807, 2.05) is 17.9 Å². The Morgan fingerprint density at radius 1 is 1.90 bits per heavy atom. The van der Waals surface area contributed by atoms with Crippen LogP contribution in [0.25, 0.3) is 0 Å². The Morgan fingerprint density at radius 2 is 2.70 bits per heavy atom. The van der Waals surface area contributed by atoms with Crippen LogP contribution in [0.4, 0.5) is 5.82 Å². The Hall–Kier alpha value is -0.900. The van der Waals surface area contributed by atoms with E-state index in [-0.39, 0.29) is 0 Å². The monoisotopic (exact) mass is 155 g/mol. The molecule has 0 saturated carbocycles. The van der Waals surface area contributed by atoms with Gasteiger partial charge in [-0.3, -0.25) is 5.10 Å². The van der Waals surface area contributed by atoms with Crippen LogP contribution in [0, 0.1) is 0 Å². The summed E-state index contributed by atoms with van der Waals surface area (Å²) in [6, 6.07) is 1.88. The first kappa shape index (κ1) is 7.21. The van der Waals surface area contributed by atoms with Crippen molar-refractivity contribution in [1.82, 2.24) is 10.2 Å². The molecular weight excluding hydrogens is 146 g/mol. The smallest absolute Gasteiger partial charge is 0.128 e. The zero-order valence-corrected chi connectivity index (χ0v) is 6.56. The second-order valence-corrected chi connectivity index (χ2v) is 2.04. The molecule has 0 aliphatic rings. The molecule has 0 radical (unpaired) electrons. The molecule has 54 valence electrons. The average molecular weight is 155 g/mol. The Bertz CT molecular complexity index is 195. The summed E-state index contributed by atoms with van der Waals surface area (Å²) in [5.41, 5.74) is 1.60. The van der Waals surface area contributed by atoms with Gasteiger partial charge in [-0.25, -0.2) is 0 Å². The van der Waals surface area contributed by atoms with Crippen LogP contribution in [0.1, 0.15) is 6.92 Å². The molecule has 0 aliphatic carbocycles. The van der Waals surface area contributed by atoms with Crippen LogP contribution in [-0.4, -0.2) is 22.2 Å². The first-order chi connectivity index (χ1) is 4.88. The molecule has 1 rings (SSSR count). The van der Waals surface area contributed by atoms with E-state index in [1.165, 1.54) is 0 Å². The molecule has 10 heavy (non-hydrogen) atoms. The zero-order chi connectivity index (χ0) is 7.40. The maximum atomic E-state index is 4.77. The summed E-state index contributed by atoms with van der Waals surface area (Å²) in [6.45, 7) is 2.90. The van der Waals surface area contributed by atoms with Crippen molar-refractivity contribution in [3.63, 3.8) is 0 Å². The Kier molecular flexibility index (Phi) is 2.39. The first-order valence-electron chi connectivity index (χ1n) is 3.09. The number of nitrogens with one attached hydrogen (secondary N) is 1. The van der Waals surface area contributed by atoms with Crippen molar-refractivity contribution >= 4 is 23.5 Å². The lowest BCUT2D eigenvalue weighted by Crippen LogP contribution is -2.19. The Labute approximate surface area is 65.0 Å². The Balaban J connectivity index is 2.73. The molecule has 0 aliphatic heterocycles. The van der Waals surface area contributed by atoms with Gasteiger partial charge in [-0.1, -0.05) is 12.2 Å². The normalized spacial score (nSPS) is 9.30. The number of aromatic nitrogens is 2. The van der Waals surface area contributed by atoms with Crippen LogP contribution in [0.5, 0.6) is 0 Å². The van der Waals surface area contributed by atoms with Crippen LogP contribution in [0.3, 0.4) is 0 Å². The van der Waals surface area contributed by atoms with Crippen LogP contribution in [0.15, 0.2) is 12.3 Å². The number of hydrogen-bond acceptors (Lipinski definition) is 2. The molecule has 0 atom stereocenters. The van der Waals surface area contributed by atoms with Crippen molar-refractivity contribution in [1.29, 1.82) is 0 Å². The fourth-order valence-electron chi connectivity index (χ4n) is 0.710. The Morgan fingerprint density at radius 3 is 3.10 bits per heavy atom. The summed E-state index contributed by atoms with van der Waals surface area (Å²) < 4.78 is 0. The fraction of sp³-hybridized carbons (Fsp3) is 0.333. The summed E-state index contributed by atoms with van der Waals surface area (Å²) in [7, 11) is 0. The van der Waals surface area contributed by atoms with E-state index < -0.39 is 0 Å². The highest BCUT2D eigenvalue weighted by molar-refractivity contribution is 7.79. The second-order valence-electron chi connectivity index (χ2n) is 1.83. The minimum absolute atomic E-state index is 0.867. The number of thiocarbonyl (C=S) groups is 1.